The van der Waals surface area contributed by atoms with Crippen molar-refractivity contribution >= 4 is 18.2 Å². The lowest BCUT2D eigenvalue weighted by molar-refractivity contribution is 0.0985. The van der Waals surface area contributed by atoms with E-state index in [0.29, 0.717) is 6.42 Å². The average Bonchev–Trinajstić information content (AvgIpc) is 2.40. The highest BCUT2D eigenvalue weighted by atomic mass is 35.5. The molecule has 0 unspecified atom stereocenters. The SMILES string of the molecule is COc1ccc2c(c1)CNCCC2=O.Cl. The van der Waals surface area contributed by atoms with Gasteiger partial charge in [-0.05, 0) is 23.8 Å². The maximum Gasteiger partial charge on any atom is 0.164 e. The summed E-state index contributed by atoms with van der Waals surface area (Å²) < 4.78 is 5.12. The summed E-state index contributed by atoms with van der Waals surface area (Å²) in [6.45, 7) is 1.51. The minimum Gasteiger partial charge on any atom is -0.497 e. The molecule has 1 heterocycles. The fourth-order valence-electron chi connectivity index (χ4n) is 1.67. The van der Waals surface area contributed by atoms with E-state index in [1.807, 2.05) is 18.2 Å². The number of nitrogens with one attached hydrogen (secondary N) is 1. The Labute approximate surface area is 95.2 Å². The van der Waals surface area contributed by atoms with E-state index in [4.69, 9.17) is 4.74 Å². The van der Waals surface area contributed by atoms with Crippen molar-refractivity contribution in [3.8, 4) is 5.75 Å². The van der Waals surface area contributed by atoms with Crippen molar-refractivity contribution < 1.29 is 9.53 Å². The largest absolute Gasteiger partial charge is 0.497 e. The zero-order valence-corrected chi connectivity index (χ0v) is 9.39. The van der Waals surface area contributed by atoms with Gasteiger partial charge < -0.3 is 10.1 Å². The van der Waals surface area contributed by atoms with Gasteiger partial charge in [0.15, 0.2) is 5.78 Å². The summed E-state index contributed by atoms with van der Waals surface area (Å²) >= 11 is 0. The molecule has 0 atom stereocenters. The topological polar surface area (TPSA) is 38.3 Å². The highest BCUT2D eigenvalue weighted by Gasteiger charge is 2.15. The molecule has 0 saturated carbocycles. The maximum atomic E-state index is 11.6. The fraction of sp³-hybridized carbons (Fsp3) is 0.364. The Morgan fingerprint density at radius 1 is 1.40 bits per heavy atom. The zero-order chi connectivity index (χ0) is 9.97. The molecule has 82 valence electrons. The average molecular weight is 228 g/mol. The number of rotatable bonds is 1. The van der Waals surface area contributed by atoms with Crippen molar-refractivity contribution in [3.63, 3.8) is 0 Å². The Bertz CT molecular complexity index is 366. The number of hydrogen-bond acceptors (Lipinski definition) is 3. The summed E-state index contributed by atoms with van der Waals surface area (Å²) in [5.74, 6) is 1.02. The highest BCUT2D eigenvalue weighted by molar-refractivity contribution is 5.98. The molecule has 1 aromatic rings. The standard InChI is InChI=1S/C11H13NO2.ClH/c1-14-9-2-3-10-8(6-9)7-12-5-4-11(10)13;/h2-3,6,12H,4-5,7H2,1H3;1H. The van der Waals surface area contributed by atoms with Crippen LogP contribution in [0.3, 0.4) is 0 Å². The van der Waals surface area contributed by atoms with E-state index in [9.17, 15) is 4.79 Å². The van der Waals surface area contributed by atoms with E-state index in [0.717, 1.165) is 30.0 Å². The summed E-state index contributed by atoms with van der Waals surface area (Å²) in [5.41, 5.74) is 1.86. The highest BCUT2D eigenvalue weighted by Crippen LogP contribution is 2.20. The Kier molecular flexibility index (Phi) is 4.12. The van der Waals surface area contributed by atoms with Gasteiger partial charge >= 0.3 is 0 Å². The van der Waals surface area contributed by atoms with Crippen LogP contribution in [0.25, 0.3) is 0 Å². The Hall–Kier alpha value is -1.06. The lowest BCUT2D eigenvalue weighted by Crippen LogP contribution is -2.12. The summed E-state index contributed by atoms with van der Waals surface area (Å²) in [5, 5.41) is 3.21. The quantitative estimate of drug-likeness (QED) is 0.795. The van der Waals surface area contributed by atoms with Crippen LogP contribution in [0.1, 0.15) is 22.3 Å². The Balaban J connectivity index is 0.00000112. The van der Waals surface area contributed by atoms with Crippen LogP contribution in [0.15, 0.2) is 18.2 Å². The van der Waals surface area contributed by atoms with E-state index in [1.165, 1.54) is 0 Å². The van der Waals surface area contributed by atoms with Gasteiger partial charge in [0.1, 0.15) is 5.75 Å². The van der Waals surface area contributed by atoms with Crippen LogP contribution >= 0.6 is 12.4 Å². The Morgan fingerprint density at radius 3 is 2.93 bits per heavy atom. The third kappa shape index (κ3) is 2.49. The molecule has 1 aromatic carbocycles. The minimum atomic E-state index is 0. The van der Waals surface area contributed by atoms with Gasteiger partial charge in [-0.25, -0.2) is 0 Å². The van der Waals surface area contributed by atoms with Gasteiger partial charge in [0.05, 0.1) is 7.11 Å². The number of ketones is 1. The lowest BCUT2D eigenvalue weighted by Gasteiger charge is -2.06. The second kappa shape index (κ2) is 5.14. The molecule has 0 spiro atoms. The van der Waals surface area contributed by atoms with Crippen LogP contribution in [0.4, 0.5) is 0 Å². The molecule has 1 aliphatic heterocycles. The first-order valence-corrected chi connectivity index (χ1v) is 4.72. The van der Waals surface area contributed by atoms with E-state index >= 15 is 0 Å². The van der Waals surface area contributed by atoms with Crippen molar-refractivity contribution in [2.24, 2.45) is 0 Å². The van der Waals surface area contributed by atoms with E-state index in [1.54, 1.807) is 7.11 Å². The van der Waals surface area contributed by atoms with E-state index in [2.05, 4.69) is 5.32 Å². The van der Waals surface area contributed by atoms with Crippen molar-refractivity contribution in [1.29, 1.82) is 0 Å². The summed E-state index contributed by atoms with van der Waals surface area (Å²) in [6, 6.07) is 5.61. The van der Waals surface area contributed by atoms with Crippen molar-refractivity contribution in [1.82, 2.24) is 5.32 Å². The monoisotopic (exact) mass is 227 g/mol. The molecule has 15 heavy (non-hydrogen) atoms. The van der Waals surface area contributed by atoms with Crippen molar-refractivity contribution in [3.05, 3.63) is 29.3 Å². The first-order valence-electron chi connectivity index (χ1n) is 4.72. The molecule has 4 heteroatoms. The third-order valence-electron chi connectivity index (χ3n) is 2.46. The van der Waals surface area contributed by atoms with Gasteiger partial charge in [-0.2, -0.15) is 0 Å². The van der Waals surface area contributed by atoms with E-state index < -0.39 is 0 Å². The summed E-state index contributed by atoms with van der Waals surface area (Å²) in [7, 11) is 1.63. The molecule has 1 N–H and O–H groups in total. The van der Waals surface area contributed by atoms with Gasteiger partial charge in [-0.1, -0.05) is 0 Å². The first kappa shape index (κ1) is 12.0. The number of benzene rings is 1. The smallest absolute Gasteiger partial charge is 0.164 e. The lowest BCUT2D eigenvalue weighted by atomic mass is 10.0. The molecule has 3 nitrogen and oxygen atoms in total. The predicted molar refractivity (Wildman–Crippen MR) is 60.9 cm³/mol. The van der Waals surface area contributed by atoms with Crippen LogP contribution in [0, 0.1) is 0 Å². The normalized spacial score (nSPS) is 14.9. The molecule has 0 radical (unpaired) electrons. The molecule has 0 bridgehead atoms. The van der Waals surface area contributed by atoms with Gasteiger partial charge in [0.2, 0.25) is 0 Å². The molecule has 0 aliphatic carbocycles. The number of carbonyl (C=O) groups is 1. The van der Waals surface area contributed by atoms with E-state index in [-0.39, 0.29) is 18.2 Å². The summed E-state index contributed by atoms with van der Waals surface area (Å²) in [4.78, 5) is 11.6. The molecular formula is C11H14ClNO2. The second-order valence-electron chi connectivity index (χ2n) is 3.37. The Morgan fingerprint density at radius 2 is 2.20 bits per heavy atom. The summed E-state index contributed by atoms with van der Waals surface area (Å²) in [6.07, 6.45) is 0.583. The second-order valence-corrected chi connectivity index (χ2v) is 3.37. The number of Topliss-reactive ketones (excluding diaryl/α,β-unsaturated/α-hetero) is 1. The van der Waals surface area contributed by atoms with Crippen LogP contribution in [0.2, 0.25) is 0 Å². The van der Waals surface area contributed by atoms with Crippen LogP contribution < -0.4 is 10.1 Å². The predicted octanol–water partition coefficient (Wildman–Crippen LogP) is 1.79. The number of halogens is 1. The third-order valence-corrected chi connectivity index (χ3v) is 2.46. The van der Waals surface area contributed by atoms with Crippen molar-refractivity contribution in [2.45, 2.75) is 13.0 Å². The molecule has 0 saturated heterocycles. The first-order chi connectivity index (χ1) is 6.81. The van der Waals surface area contributed by atoms with Gasteiger partial charge in [0, 0.05) is 25.1 Å². The van der Waals surface area contributed by atoms with Gasteiger partial charge in [-0.15, -0.1) is 12.4 Å². The number of ether oxygens (including phenoxy) is 1. The van der Waals surface area contributed by atoms with Gasteiger partial charge in [-0.3, -0.25) is 4.79 Å². The maximum absolute atomic E-state index is 11.6. The van der Waals surface area contributed by atoms with Crippen LogP contribution in [-0.4, -0.2) is 19.4 Å². The number of hydrogen-bond donors (Lipinski definition) is 1. The fourth-order valence-corrected chi connectivity index (χ4v) is 1.67. The minimum absolute atomic E-state index is 0. The van der Waals surface area contributed by atoms with Gasteiger partial charge in [0.25, 0.3) is 0 Å². The molecule has 0 fully saturated rings. The molecule has 0 amide bonds. The molecular weight excluding hydrogens is 214 g/mol. The zero-order valence-electron chi connectivity index (χ0n) is 8.58. The molecule has 2 rings (SSSR count). The molecule has 1 aliphatic rings. The number of fused-ring (bicyclic) bond motifs is 1. The van der Waals surface area contributed by atoms with Crippen LogP contribution in [-0.2, 0) is 6.54 Å². The number of carbonyl (C=O) groups excluding carboxylic acids is 1. The molecule has 0 aromatic heterocycles. The van der Waals surface area contributed by atoms with Crippen molar-refractivity contribution in [2.75, 3.05) is 13.7 Å². The van der Waals surface area contributed by atoms with Crippen LogP contribution in [0.5, 0.6) is 5.75 Å². The number of methoxy groups -OCH3 is 1.